The zero-order chi connectivity index (χ0) is 13.1. The number of aromatic amines is 2. The van der Waals surface area contributed by atoms with Gasteiger partial charge in [0.15, 0.2) is 5.69 Å². The first kappa shape index (κ1) is 12.3. The lowest BCUT2D eigenvalue weighted by molar-refractivity contribution is 0.0934. The Labute approximate surface area is 104 Å². The van der Waals surface area contributed by atoms with E-state index in [2.05, 4.69) is 30.9 Å². The minimum atomic E-state index is -0.221. The van der Waals surface area contributed by atoms with Gasteiger partial charge in [0, 0.05) is 18.2 Å². The molecule has 18 heavy (non-hydrogen) atoms. The van der Waals surface area contributed by atoms with Crippen LogP contribution in [0, 0.1) is 13.8 Å². The molecule has 0 aliphatic heterocycles. The van der Waals surface area contributed by atoms with Crippen molar-refractivity contribution in [3.63, 3.8) is 0 Å². The first-order valence-corrected chi connectivity index (χ1v) is 5.75. The fourth-order valence-corrected chi connectivity index (χ4v) is 1.73. The van der Waals surface area contributed by atoms with Crippen LogP contribution in [0.15, 0.2) is 6.07 Å². The van der Waals surface area contributed by atoms with Gasteiger partial charge >= 0.3 is 0 Å². The summed E-state index contributed by atoms with van der Waals surface area (Å²) in [4.78, 5) is 11.9. The van der Waals surface area contributed by atoms with Crippen LogP contribution in [0.25, 0.3) is 0 Å². The van der Waals surface area contributed by atoms with Crippen molar-refractivity contribution in [1.29, 1.82) is 0 Å². The van der Waals surface area contributed by atoms with Crippen molar-refractivity contribution in [2.75, 3.05) is 0 Å². The Kier molecular flexibility index (Phi) is 3.40. The number of hydrogen-bond acceptors (Lipinski definition) is 4. The summed E-state index contributed by atoms with van der Waals surface area (Å²) >= 11 is 0. The van der Waals surface area contributed by atoms with Gasteiger partial charge in [0.05, 0.1) is 11.4 Å². The Morgan fingerprint density at radius 3 is 2.72 bits per heavy atom. The smallest absolute Gasteiger partial charge is 0.273 e. The third-order valence-corrected chi connectivity index (χ3v) is 2.59. The monoisotopic (exact) mass is 248 g/mol. The number of hydrogen-bond donors (Lipinski definition) is 3. The van der Waals surface area contributed by atoms with Crippen molar-refractivity contribution in [2.45, 2.75) is 33.2 Å². The third kappa shape index (κ3) is 2.73. The van der Waals surface area contributed by atoms with E-state index in [1.54, 1.807) is 6.92 Å². The van der Waals surface area contributed by atoms with E-state index >= 15 is 0 Å². The largest absolute Gasteiger partial charge is 0.348 e. The molecule has 1 atom stereocenters. The molecule has 2 aromatic heterocycles. The molecule has 1 unspecified atom stereocenters. The van der Waals surface area contributed by atoms with Crippen LogP contribution < -0.4 is 5.32 Å². The topological polar surface area (TPSA) is 99.3 Å². The summed E-state index contributed by atoms with van der Waals surface area (Å²) in [7, 11) is 0. The lowest BCUT2D eigenvalue weighted by atomic mass is 10.1. The molecule has 3 N–H and O–H groups in total. The van der Waals surface area contributed by atoms with E-state index in [0.29, 0.717) is 17.8 Å². The molecule has 0 aliphatic rings. The SMILES string of the molecule is Cc1cc(CC(C)NC(=O)c2n[nH]nc2C)n[nH]1. The molecule has 96 valence electrons. The summed E-state index contributed by atoms with van der Waals surface area (Å²) in [6.45, 7) is 5.61. The molecule has 2 aromatic rings. The highest BCUT2D eigenvalue weighted by molar-refractivity contribution is 5.93. The van der Waals surface area contributed by atoms with Gasteiger partial charge in [0.1, 0.15) is 0 Å². The number of amides is 1. The number of aryl methyl sites for hydroxylation is 2. The molecule has 0 radical (unpaired) electrons. The first-order chi connectivity index (χ1) is 8.56. The molecule has 7 nitrogen and oxygen atoms in total. The summed E-state index contributed by atoms with van der Waals surface area (Å²) in [5, 5.41) is 19.9. The first-order valence-electron chi connectivity index (χ1n) is 5.75. The minimum Gasteiger partial charge on any atom is -0.348 e. The maximum absolute atomic E-state index is 11.9. The van der Waals surface area contributed by atoms with E-state index in [1.165, 1.54) is 0 Å². The van der Waals surface area contributed by atoms with E-state index in [0.717, 1.165) is 11.4 Å². The molecule has 2 heterocycles. The molecule has 0 bridgehead atoms. The molecule has 0 spiro atoms. The normalized spacial score (nSPS) is 12.4. The maximum atomic E-state index is 11.9. The van der Waals surface area contributed by atoms with Crippen molar-refractivity contribution in [2.24, 2.45) is 0 Å². The number of rotatable bonds is 4. The van der Waals surface area contributed by atoms with Crippen LogP contribution in [-0.2, 0) is 6.42 Å². The Hall–Kier alpha value is -2.18. The maximum Gasteiger partial charge on any atom is 0.273 e. The van der Waals surface area contributed by atoms with Gasteiger partial charge < -0.3 is 5.32 Å². The minimum absolute atomic E-state index is 0.0173. The second-order valence-corrected chi connectivity index (χ2v) is 4.38. The predicted octanol–water partition coefficient (Wildman–Crippen LogP) is 0.506. The number of nitrogens with one attached hydrogen (secondary N) is 3. The fraction of sp³-hybridized carbons (Fsp3) is 0.455. The lowest BCUT2D eigenvalue weighted by Crippen LogP contribution is -2.34. The summed E-state index contributed by atoms with van der Waals surface area (Å²) in [5.41, 5.74) is 2.86. The number of carbonyl (C=O) groups excluding carboxylic acids is 1. The number of aromatic nitrogens is 5. The average molecular weight is 248 g/mol. The standard InChI is InChI=1S/C11H16N6O/c1-6(4-9-5-7(2)13-15-9)12-11(18)10-8(3)14-17-16-10/h5-6H,4H2,1-3H3,(H,12,18)(H,13,15)(H,14,16,17). The van der Waals surface area contributed by atoms with E-state index in [4.69, 9.17) is 0 Å². The van der Waals surface area contributed by atoms with Crippen molar-refractivity contribution in [3.05, 3.63) is 28.8 Å². The second kappa shape index (κ2) is 4.99. The van der Waals surface area contributed by atoms with Gasteiger partial charge in [-0.05, 0) is 26.8 Å². The Balaban J connectivity index is 1.93. The van der Waals surface area contributed by atoms with E-state index in [9.17, 15) is 4.79 Å². The number of nitrogens with zero attached hydrogens (tertiary/aromatic N) is 3. The summed E-state index contributed by atoms with van der Waals surface area (Å²) in [6, 6.07) is 1.94. The van der Waals surface area contributed by atoms with Crippen LogP contribution in [0.5, 0.6) is 0 Å². The van der Waals surface area contributed by atoms with Crippen LogP contribution in [-0.4, -0.2) is 37.6 Å². The van der Waals surface area contributed by atoms with Gasteiger partial charge in [-0.3, -0.25) is 9.89 Å². The molecule has 0 aliphatic carbocycles. The zero-order valence-corrected chi connectivity index (χ0v) is 10.6. The number of carbonyl (C=O) groups is 1. The van der Waals surface area contributed by atoms with Gasteiger partial charge in [-0.1, -0.05) is 0 Å². The highest BCUT2D eigenvalue weighted by atomic mass is 16.2. The Morgan fingerprint density at radius 1 is 1.39 bits per heavy atom. The summed E-state index contributed by atoms with van der Waals surface area (Å²) in [6.07, 6.45) is 0.674. The van der Waals surface area contributed by atoms with E-state index in [-0.39, 0.29) is 11.9 Å². The predicted molar refractivity (Wildman–Crippen MR) is 65.1 cm³/mol. The van der Waals surface area contributed by atoms with Gasteiger partial charge in [-0.25, -0.2) is 0 Å². The van der Waals surface area contributed by atoms with Crippen LogP contribution in [0.2, 0.25) is 0 Å². The van der Waals surface area contributed by atoms with E-state index < -0.39 is 0 Å². The van der Waals surface area contributed by atoms with Crippen molar-refractivity contribution in [1.82, 2.24) is 30.9 Å². The Bertz CT molecular complexity index is 543. The van der Waals surface area contributed by atoms with E-state index in [1.807, 2.05) is 19.9 Å². The molecule has 0 saturated carbocycles. The quantitative estimate of drug-likeness (QED) is 0.733. The van der Waals surface area contributed by atoms with Gasteiger partial charge in [0.25, 0.3) is 5.91 Å². The van der Waals surface area contributed by atoms with Crippen LogP contribution in [0.3, 0.4) is 0 Å². The molecule has 0 aromatic carbocycles. The molecule has 0 fully saturated rings. The second-order valence-electron chi connectivity index (χ2n) is 4.38. The van der Waals surface area contributed by atoms with Gasteiger partial charge in [-0.2, -0.15) is 20.5 Å². The zero-order valence-electron chi connectivity index (χ0n) is 10.6. The van der Waals surface area contributed by atoms with Crippen molar-refractivity contribution >= 4 is 5.91 Å². The molecular weight excluding hydrogens is 232 g/mol. The molecule has 2 rings (SSSR count). The van der Waals surface area contributed by atoms with Crippen molar-refractivity contribution in [3.8, 4) is 0 Å². The lowest BCUT2D eigenvalue weighted by Gasteiger charge is -2.11. The molecule has 1 amide bonds. The van der Waals surface area contributed by atoms with Crippen LogP contribution in [0.4, 0.5) is 0 Å². The highest BCUT2D eigenvalue weighted by Crippen LogP contribution is 2.04. The molecule has 0 saturated heterocycles. The Morgan fingerprint density at radius 2 is 2.17 bits per heavy atom. The summed E-state index contributed by atoms with van der Waals surface area (Å²) in [5.74, 6) is -0.221. The average Bonchev–Trinajstić information content (AvgIpc) is 2.87. The third-order valence-electron chi connectivity index (χ3n) is 2.59. The van der Waals surface area contributed by atoms with Crippen LogP contribution in [0.1, 0.15) is 34.5 Å². The fourth-order valence-electron chi connectivity index (χ4n) is 1.73. The highest BCUT2D eigenvalue weighted by Gasteiger charge is 2.16. The van der Waals surface area contributed by atoms with Gasteiger partial charge in [0.2, 0.25) is 0 Å². The molecular formula is C11H16N6O. The summed E-state index contributed by atoms with van der Waals surface area (Å²) < 4.78 is 0. The van der Waals surface area contributed by atoms with Crippen molar-refractivity contribution < 1.29 is 4.79 Å². The molecule has 7 heteroatoms. The van der Waals surface area contributed by atoms with Crippen LogP contribution >= 0.6 is 0 Å². The number of H-pyrrole nitrogens is 2. The van der Waals surface area contributed by atoms with Gasteiger partial charge in [-0.15, -0.1) is 0 Å².